The van der Waals surface area contributed by atoms with Crippen LogP contribution in [-0.2, 0) is 4.79 Å². The Morgan fingerprint density at radius 2 is 2.14 bits per heavy atom. The summed E-state index contributed by atoms with van der Waals surface area (Å²) in [6.07, 6.45) is 8.69. The van der Waals surface area contributed by atoms with Gasteiger partial charge in [0.1, 0.15) is 16.9 Å². The van der Waals surface area contributed by atoms with Crippen LogP contribution in [0.3, 0.4) is 0 Å². The SMILES string of the molecule is COc1ccc2nccc([C@H](F)CC[C@@H]3CCN(CCCSc4cnccn4)C[C@@H]3CC(=O)O)c2c1. The van der Waals surface area contributed by atoms with Crippen molar-refractivity contribution >= 4 is 28.6 Å². The van der Waals surface area contributed by atoms with Crippen LogP contribution in [0.1, 0.15) is 43.8 Å². The number of likely N-dealkylation sites (tertiary alicyclic amines) is 1. The molecular weight excluding hydrogens is 479 g/mol. The monoisotopic (exact) mass is 512 g/mol. The van der Waals surface area contributed by atoms with E-state index in [0.29, 0.717) is 24.2 Å². The van der Waals surface area contributed by atoms with Gasteiger partial charge < -0.3 is 14.7 Å². The van der Waals surface area contributed by atoms with Crippen LogP contribution in [0.15, 0.2) is 54.1 Å². The summed E-state index contributed by atoms with van der Waals surface area (Å²) in [5.74, 6) is 1.07. The van der Waals surface area contributed by atoms with Gasteiger partial charge in [-0.25, -0.2) is 9.37 Å². The molecule has 36 heavy (non-hydrogen) atoms. The second kappa shape index (κ2) is 13.0. The Labute approximate surface area is 215 Å². The molecule has 1 saturated heterocycles. The van der Waals surface area contributed by atoms with Gasteiger partial charge in [-0.2, -0.15) is 0 Å². The summed E-state index contributed by atoms with van der Waals surface area (Å²) in [4.78, 5) is 26.7. The number of pyridine rings is 1. The van der Waals surface area contributed by atoms with Crippen LogP contribution in [-0.4, -0.2) is 63.4 Å². The molecule has 0 saturated carbocycles. The second-order valence-corrected chi connectivity index (χ2v) is 10.4. The summed E-state index contributed by atoms with van der Waals surface area (Å²) >= 11 is 1.68. The van der Waals surface area contributed by atoms with Gasteiger partial charge in [0.25, 0.3) is 0 Å². The number of methoxy groups -OCH3 is 1. The quantitative estimate of drug-likeness (QED) is 0.254. The van der Waals surface area contributed by atoms with Gasteiger partial charge in [-0.1, -0.05) is 0 Å². The van der Waals surface area contributed by atoms with Crippen molar-refractivity contribution in [1.82, 2.24) is 19.9 Å². The number of thioether (sulfide) groups is 1. The third kappa shape index (κ3) is 7.13. The summed E-state index contributed by atoms with van der Waals surface area (Å²) in [7, 11) is 1.59. The number of hydrogen-bond acceptors (Lipinski definition) is 7. The summed E-state index contributed by atoms with van der Waals surface area (Å²) in [6, 6.07) is 7.24. The topological polar surface area (TPSA) is 88.4 Å². The molecule has 1 aliphatic heterocycles. The van der Waals surface area contributed by atoms with E-state index < -0.39 is 12.1 Å². The largest absolute Gasteiger partial charge is 0.497 e. The van der Waals surface area contributed by atoms with E-state index in [2.05, 4.69) is 19.9 Å². The summed E-state index contributed by atoms with van der Waals surface area (Å²) in [5.41, 5.74) is 1.36. The highest BCUT2D eigenvalue weighted by Gasteiger charge is 2.31. The predicted octanol–water partition coefficient (Wildman–Crippen LogP) is 5.42. The molecule has 9 heteroatoms. The molecular formula is C27H33FN4O3S. The minimum absolute atomic E-state index is 0.0328. The Bertz CT molecular complexity index is 1140. The molecule has 4 rings (SSSR count). The Morgan fingerprint density at radius 1 is 1.25 bits per heavy atom. The van der Waals surface area contributed by atoms with Gasteiger partial charge in [0, 0.05) is 42.7 Å². The molecule has 1 aromatic carbocycles. The number of aromatic nitrogens is 3. The van der Waals surface area contributed by atoms with Gasteiger partial charge in [0.05, 0.1) is 18.8 Å². The van der Waals surface area contributed by atoms with Crippen LogP contribution in [0.2, 0.25) is 0 Å². The summed E-state index contributed by atoms with van der Waals surface area (Å²) < 4.78 is 20.8. The molecule has 192 valence electrons. The number of carboxylic acid groups (broad SMARTS) is 1. The number of halogens is 1. The molecule has 2 aromatic heterocycles. The number of benzene rings is 1. The lowest BCUT2D eigenvalue weighted by Gasteiger charge is -2.38. The number of ether oxygens (including phenoxy) is 1. The Morgan fingerprint density at radius 3 is 2.92 bits per heavy atom. The van der Waals surface area contributed by atoms with Crippen molar-refractivity contribution in [3.05, 3.63) is 54.6 Å². The summed E-state index contributed by atoms with van der Waals surface area (Å²) in [6.45, 7) is 2.59. The fourth-order valence-electron chi connectivity index (χ4n) is 5.08. The highest BCUT2D eigenvalue weighted by molar-refractivity contribution is 7.99. The van der Waals surface area contributed by atoms with E-state index in [1.807, 2.05) is 18.2 Å². The van der Waals surface area contributed by atoms with Crippen LogP contribution < -0.4 is 4.74 Å². The molecule has 3 heterocycles. The van der Waals surface area contributed by atoms with Crippen LogP contribution in [0.5, 0.6) is 5.75 Å². The predicted molar refractivity (Wildman–Crippen MR) is 139 cm³/mol. The van der Waals surface area contributed by atoms with Crippen LogP contribution >= 0.6 is 11.8 Å². The molecule has 3 aromatic rings. The molecule has 1 aliphatic rings. The number of fused-ring (bicyclic) bond motifs is 1. The van der Waals surface area contributed by atoms with Crippen molar-refractivity contribution in [3.8, 4) is 5.75 Å². The lowest BCUT2D eigenvalue weighted by molar-refractivity contribution is -0.139. The zero-order chi connectivity index (χ0) is 25.3. The van der Waals surface area contributed by atoms with E-state index in [4.69, 9.17) is 4.74 Å². The van der Waals surface area contributed by atoms with Crippen LogP contribution in [0.25, 0.3) is 10.9 Å². The van der Waals surface area contributed by atoms with Crippen LogP contribution in [0.4, 0.5) is 4.39 Å². The van der Waals surface area contributed by atoms with Gasteiger partial charge in [-0.05, 0) is 80.4 Å². The molecule has 0 bridgehead atoms. The van der Waals surface area contributed by atoms with Crippen LogP contribution in [0, 0.1) is 11.8 Å². The first-order valence-electron chi connectivity index (χ1n) is 12.4. The van der Waals surface area contributed by atoms with Crippen molar-refractivity contribution in [3.63, 3.8) is 0 Å². The highest BCUT2D eigenvalue weighted by atomic mass is 32.2. The first-order chi connectivity index (χ1) is 17.5. The van der Waals surface area contributed by atoms with Gasteiger partial charge in [-0.3, -0.25) is 14.8 Å². The van der Waals surface area contributed by atoms with Crippen molar-refractivity contribution in [2.45, 2.75) is 43.3 Å². The highest BCUT2D eigenvalue weighted by Crippen LogP contribution is 2.36. The number of piperidine rings is 1. The van der Waals surface area contributed by atoms with E-state index in [-0.39, 0.29) is 18.3 Å². The normalized spacial score (nSPS) is 19.3. The first-order valence-corrected chi connectivity index (χ1v) is 13.4. The van der Waals surface area contributed by atoms with E-state index in [9.17, 15) is 9.90 Å². The lowest BCUT2D eigenvalue weighted by Crippen LogP contribution is -2.42. The van der Waals surface area contributed by atoms with Gasteiger partial charge in [0.15, 0.2) is 0 Å². The van der Waals surface area contributed by atoms with Crippen molar-refractivity contribution in [2.75, 3.05) is 32.5 Å². The lowest BCUT2D eigenvalue weighted by atomic mass is 9.79. The minimum Gasteiger partial charge on any atom is -0.497 e. The van der Waals surface area contributed by atoms with Gasteiger partial charge >= 0.3 is 5.97 Å². The second-order valence-electron chi connectivity index (χ2n) is 9.28. The fourth-order valence-corrected chi connectivity index (χ4v) is 5.84. The number of rotatable bonds is 12. The molecule has 0 amide bonds. The molecule has 0 spiro atoms. The zero-order valence-electron chi connectivity index (χ0n) is 20.6. The number of alkyl halides is 1. The third-order valence-corrected chi connectivity index (χ3v) is 7.93. The number of carbonyl (C=O) groups is 1. The maximum atomic E-state index is 15.5. The Kier molecular flexibility index (Phi) is 9.47. The van der Waals surface area contributed by atoms with E-state index in [1.165, 1.54) is 0 Å². The molecule has 1 fully saturated rings. The Balaban J connectivity index is 1.31. The van der Waals surface area contributed by atoms with Crippen molar-refractivity contribution in [2.24, 2.45) is 11.8 Å². The maximum absolute atomic E-state index is 15.5. The molecule has 3 atom stereocenters. The molecule has 0 radical (unpaired) electrons. The number of carboxylic acids is 1. The third-order valence-electron chi connectivity index (χ3n) is 6.93. The van der Waals surface area contributed by atoms with Gasteiger partial charge in [-0.15, -0.1) is 11.8 Å². The summed E-state index contributed by atoms with van der Waals surface area (Å²) in [5, 5.41) is 11.2. The van der Waals surface area contributed by atoms with Gasteiger partial charge in [0.2, 0.25) is 0 Å². The zero-order valence-corrected chi connectivity index (χ0v) is 21.4. The number of aliphatic carboxylic acids is 1. The fraction of sp³-hybridized carbons (Fsp3) is 0.481. The van der Waals surface area contributed by atoms with Crippen molar-refractivity contribution in [1.29, 1.82) is 0 Å². The van der Waals surface area contributed by atoms with Crippen molar-refractivity contribution < 1.29 is 19.0 Å². The average molecular weight is 513 g/mol. The molecule has 1 N–H and O–H groups in total. The molecule has 0 aliphatic carbocycles. The maximum Gasteiger partial charge on any atom is 0.303 e. The standard InChI is InChI=1S/C27H33FN4O3S/c1-35-21-4-6-25-23(16-21)22(7-9-30-25)24(28)5-3-19-8-13-32(18-20(19)15-27(33)34)12-2-14-36-26-17-29-10-11-31-26/h4,6-7,9-11,16-17,19-20,24H,2-3,5,8,12-15,18H2,1H3,(H,33,34)/t19-,20+,24-/m1/s1. The van der Waals surface area contributed by atoms with E-state index in [0.717, 1.165) is 54.2 Å². The van der Waals surface area contributed by atoms with E-state index >= 15 is 4.39 Å². The molecule has 7 nitrogen and oxygen atoms in total. The smallest absolute Gasteiger partial charge is 0.303 e. The average Bonchev–Trinajstić information content (AvgIpc) is 2.90. The minimum atomic E-state index is -1.13. The Hall–Kier alpha value is -2.78. The molecule has 0 unspecified atom stereocenters. The number of nitrogens with zero attached hydrogens (tertiary/aromatic N) is 4. The number of hydrogen-bond donors (Lipinski definition) is 1. The van der Waals surface area contributed by atoms with E-state index in [1.54, 1.807) is 49.7 Å². The first kappa shape index (κ1) is 26.3.